The first-order valence-electron chi connectivity index (χ1n) is 6.36. The van der Waals surface area contributed by atoms with Gasteiger partial charge >= 0.3 is 0 Å². The molecule has 21 heavy (non-hydrogen) atoms. The van der Waals surface area contributed by atoms with Crippen molar-refractivity contribution < 1.29 is 9.72 Å². The van der Waals surface area contributed by atoms with Gasteiger partial charge in [0.15, 0.2) is 0 Å². The summed E-state index contributed by atoms with van der Waals surface area (Å²) in [6, 6.07) is 11.5. The normalized spacial score (nSPS) is 10.0. The van der Waals surface area contributed by atoms with Crippen LogP contribution in [0.2, 0.25) is 0 Å². The van der Waals surface area contributed by atoms with Crippen LogP contribution in [0.25, 0.3) is 0 Å². The summed E-state index contributed by atoms with van der Waals surface area (Å²) in [5, 5.41) is 10.9. The van der Waals surface area contributed by atoms with Crippen molar-refractivity contribution in [2.45, 2.75) is 13.8 Å². The predicted molar refractivity (Wildman–Crippen MR) is 80.1 cm³/mol. The number of hydrogen-bond acceptors (Lipinski definition) is 4. The zero-order valence-corrected chi connectivity index (χ0v) is 11.7. The fraction of sp³-hybridized carbons (Fsp3) is 0.133. The van der Waals surface area contributed by atoms with E-state index >= 15 is 0 Å². The van der Waals surface area contributed by atoms with Crippen LogP contribution in [-0.2, 0) is 0 Å². The first-order chi connectivity index (χ1) is 10.0. The highest BCUT2D eigenvalue weighted by Crippen LogP contribution is 2.19. The highest BCUT2D eigenvalue weighted by atomic mass is 16.6. The highest BCUT2D eigenvalue weighted by Gasteiger charge is 2.18. The number of carbonyl (C=O) groups excluding carboxylic acids is 1. The maximum Gasteiger partial charge on any atom is 0.282 e. The number of benzene rings is 2. The number of aryl methyl sites for hydroxylation is 1. The van der Waals surface area contributed by atoms with E-state index < -0.39 is 10.8 Å². The Labute approximate surface area is 121 Å². The van der Waals surface area contributed by atoms with Gasteiger partial charge in [-0.1, -0.05) is 24.3 Å². The van der Waals surface area contributed by atoms with Gasteiger partial charge in [-0.3, -0.25) is 25.8 Å². The fourth-order valence-electron chi connectivity index (χ4n) is 1.90. The topological polar surface area (TPSA) is 84.3 Å². The molecule has 0 unspecified atom stereocenters. The first kappa shape index (κ1) is 14.5. The lowest BCUT2D eigenvalue weighted by Gasteiger charge is -2.12. The van der Waals surface area contributed by atoms with Gasteiger partial charge in [0.1, 0.15) is 5.56 Å². The lowest BCUT2D eigenvalue weighted by Crippen LogP contribution is -2.30. The third kappa shape index (κ3) is 3.17. The van der Waals surface area contributed by atoms with E-state index in [1.54, 1.807) is 6.07 Å². The van der Waals surface area contributed by atoms with Crippen molar-refractivity contribution in [2.24, 2.45) is 0 Å². The van der Waals surface area contributed by atoms with Crippen LogP contribution in [0.4, 0.5) is 11.4 Å². The Balaban J connectivity index is 2.16. The number of nitrogens with one attached hydrogen (secondary N) is 2. The van der Waals surface area contributed by atoms with Crippen LogP contribution in [0, 0.1) is 24.0 Å². The molecule has 0 atom stereocenters. The second kappa shape index (κ2) is 6.04. The minimum absolute atomic E-state index is 0.0142. The molecule has 0 spiro atoms. The highest BCUT2D eigenvalue weighted by molar-refractivity contribution is 5.98. The lowest BCUT2D eigenvalue weighted by atomic mass is 10.1. The molecule has 0 saturated carbocycles. The molecule has 0 fully saturated rings. The number of nitrogens with zero attached hydrogens (tertiary/aromatic N) is 1. The van der Waals surface area contributed by atoms with Crippen molar-refractivity contribution in [1.82, 2.24) is 5.43 Å². The summed E-state index contributed by atoms with van der Waals surface area (Å²) in [6.45, 7) is 3.89. The van der Waals surface area contributed by atoms with Crippen molar-refractivity contribution in [2.75, 3.05) is 5.43 Å². The molecule has 6 nitrogen and oxygen atoms in total. The van der Waals surface area contributed by atoms with Crippen molar-refractivity contribution in [3.05, 3.63) is 69.3 Å². The van der Waals surface area contributed by atoms with Gasteiger partial charge < -0.3 is 0 Å². The van der Waals surface area contributed by atoms with E-state index in [4.69, 9.17) is 0 Å². The Morgan fingerprint density at radius 3 is 2.52 bits per heavy atom. The summed E-state index contributed by atoms with van der Waals surface area (Å²) >= 11 is 0. The summed E-state index contributed by atoms with van der Waals surface area (Å²) in [7, 11) is 0. The SMILES string of the molecule is Cc1cccc(NNC(=O)c2ccccc2[N+](=O)[O-])c1C. The van der Waals surface area contributed by atoms with Gasteiger partial charge in [0.2, 0.25) is 0 Å². The van der Waals surface area contributed by atoms with E-state index in [1.165, 1.54) is 18.2 Å². The molecule has 0 aliphatic rings. The fourth-order valence-corrected chi connectivity index (χ4v) is 1.90. The van der Waals surface area contributed by atoms with Gasteiger partial charge in [-0.2, -0.15) is 0 Å². The van der Waals surface area contributed by atoms with Crippen molar-refractivity contribution in [1.29, 1.82) is 0 Å². The average molecular weight is 285 g/mol. The van der Waals surface area contributed by atoms with Gasteiger partial charge in [-0.25, -0.2) is 0 Å². The molecule has 2 rings (SSSR count). The van der Waals surface area contributed by atoms with Gasteiger partial charge in [0, 0.05) is 6.07 Å². The van der Waals surface area contributed by atoms with E-state index in [1.807, 2.05) is 32.0 Å². The molecule has 108 valence electrons. The molecule has 0 aromatic heterocycles. The third-order valence-electron chi connectivity index (χ3n) is 3.26. The molecule has 1 amide bonds. The van der Waals surface area contributed by atoms with Gasteiger partial charge in [-0.15, -0.1) is 0 Å². The van der Waals surface area contributed by atoms with Crippen molar-refractivity contribution in [3.63, 3.8) is 0 Å². The maximum atomic E-state index is 12.1. The standard InChI is InChI=1S/C15H15N3O3/c1-10-6-5-8-13(11(10)2)16-17-15(19)12-7-3-4-9-14(12)18(20)21/h3-9,16H,1-2H3,(H,17,19). The number of rotatable bonds is 4. The molecule has 2 N–H and O–H groups in total. The quantitative estimate of drug-likeness (QED) is 0.668. The minimum atomic E-state index is -0.577. The zero-order chi connectivity index (χ0) is 15.4. The monoisotopic (exact) mass is 285 g/mol. The summed E-state index contributed by atoms with van der Waals surface area (Å²) in [6.07, 6.45) is 0. The number of para-hydroxylation sites is 1. The molecule has 2 aromatic carbocycles. The number of amides is 1. The van der Waals surface area contributed by atoms with Crippen LogP contribution >= 0.6 is 0 Å². The van der Waals surface area contributed by atoms with Crippen molar-refractivity contribution in [3.8, 4) is 0 Å². The van der Waals surface area contributed by atoms with Crippen LogP contribution in [0.5, 0.6) is 0 Å². The largest absolute Gasteiger partial charge is 0.298 e. The molecule has 0 aliphatic carbocycles. The molecule has 0 heterocycles. The number of nitro groups is 1. The molecular weight excluding hydrogens is 270 g/mol. The second-order valence-electron chi connectivity index (χ2n) is 4.60. The van der Waals surface area contributed by atoms with Crippen LogP contribution in [0.3, 0.4) is 0 Å². The predicted octanol–water partition coefficient (Wildman–Crippen LogP) is 2.97. The van der Waals surface area contributed by atoms with Crippen LogP contribution in [-0.4, -0.2) is 10.8 Å². The lowest BCUT2D eigenvalue weighted by molar-refractivity contribution is -0.385. The van der Waals surface area contributed by atoms with E-state index in [2.05, 4.69) is 10.9 Å². The Morgan fingerprint density at radius 1 is 1.10 bits per heavy atom. The Hall–Kier alpha value is -2.89. The summed E-state index contributed by atoms with van der Waals surface area (Å²) in [4.78, 5) is 22.4. The van der Waals surface area contributed by atoms with Gasteiger partial charge in [0.05, 0.1) is 10.6 Å². The van der Waals surface area contributed by atoms with Crippen LogP contribution in [0.1, 0.15) is 21.5 Å². The Morgan fingerprint density at radius 2 is 1.81 bits per heavy atom. The summed E-state index contributed by atoms with van der Waals surface area (Å²) in [5.41, 5.74) is 7.91. The van der Waals surface area contributed by atoms with E-state index in [-0.39, 0.29) is 11.3 Å². The molecule has 0 aliphatic heterocycles. The Kier molecular flexibility index (Phi) is 4.18. The number of hydrazine groups is 1. The smallest absolute Gasteiger partial charge is 0.282 e. The molecule has 0 saturated heterocycles. The van der Waals surface area contributed by atoms with Gasteiger partial charge in [-0.05, 0) is 37.1 Å². The first-order valence-corrected chi connectivity index (χ1v) is 6.36. The molecular formula is C15H15N3O3. The van der Waals surface area contributed by atoms with Crippen molar-refractivity contribution >= 4 is 17.3 Å². The van der Waals surface area contributed by atoms with E-state index in [0.717, 1.165) is 16.8 Å². The summed E-state index contributed by atoms with van der Waals surface area (Å²) in [5.74, 6) is -0.553. The summed E-state index contributed by atoms with van der Waals surface area (Å²) < 4.78 is 0. The second-order valence-corrected chi connectivity index (χ2v) is 4.60. The number of nitro benzene ring substituents is 1. The third-order valence-corrected chi connectivity index (χ3v) is 3.26. The number of hydrogen-bond donors (Lipinski definition) is 2. The zero-order valence-electron chi connectivity index (χ0n) is 11.7. The molecule has 2 aromatic rings. The van der Waals surface area contributed by atoms with Crippen LogP contribution in [0.15, 0.2) is 42.5 Å². The number of anilines is 1. The Bertz CT molecular complexity index is 698. The van der Waals surface area contributed by atoms with Crippen LogP contribution < -0.4 is 10.9 Å². The van der Waals surface area contributed by atoms with E-state index in [0.29, 0.717) is 0 Å². The molecule has 6 heteroatoms. The number of carbonyl (C=O) groups is 1. The average Bonchev–Trinajstić information content (AvgIpc) is 2.48. The molecule has 0 bridgehead atoms. The molecule has 0 radical (unpaired) electrons. The maximum absolute atomic E-state index is 12.1. The van der Waals surface area contributed by atoms with Gasteiger partial charge in [0.25, 0.3) is 11.6 Å². The minimum Gasteiger partial charge on any atom is -0.298 e. The van der Waals surface area contributed by atoms with E-state index in [9.17, 15) is 14.9 Å².